The van der Waals surface area contributed by atoms with Gasteiger partial charge in [0.05, 0.1) is 10.7 Å². The quantitative estimate of drug-likeness (QED) is 0.863. The number of benzene rings is 1. The Balaban J connectivity index is 2.06. The second kappa shape index (κ2) is 7.24. The van der Waals surface area contributed by atoms with Crippen molar-refractivity contribution in [1.82, 2.24) is 4.90 Å². The highest BCUT2D eigenvalue weighted by atomic mass is 35.5. The Morgan fingerprint density at radius 2 is 2.05 bits per heavy atom. The van der Waals surface area contributed by atoms with Gasteiger partial charge in [-0.25, -0.2) is 4.79 Å². The van der Waals surface area contributed by atoms with E-state index in [0.29, 0.717) is 21.6 Å². The second-order valence-corrected chi connectivity index (χ2v) is 7.21. The first-order valence-corrected chi connectivity index (χ1v) is 8.57. The number of carbonyl (C=O) groups excluding carboxylic acids is 2. The topological polar surface area (TPSA) is 61.4 Å². The number of rotatable bonds is 2. The van der Waals surface area contributed by atoms with Gasteiger partial charge in [-0.15, -0.1) is 0 Å². The first-order valence-electron chi connectivity index (χ1n) is 7.15. The van der Waals surface area contributed by atoms with Crippen molar-refractivity contribution < 1.29 is 9.59 Å². The molecule has 0 aliphatic carbocycles. The van der Waals surface area contributed by atoms with Crippen LogP contribution in [0.4, 0.5) is 16.2 Å². The van der Waals surface area contributed by atoms with Crippen LogP contribution in [0, 0.1) is 0 Å². The van der Waals surface area contributed by atoms with Crippen LogP contribution in [0.1, 0.15) is 20.8 Å². The molecule has 1 heterocycles. The van der Waals surface area contributed by atoms with E-state index < -0.39 is 0 Å². The molecular formula is C15H20ClN3O2S. The van der Waals surface area contributed by atoms with Gasteiger partial charge in [0.1, 0.15) is 0 Å². The maximum Gasteiger partial charge on any atom is 0.322 e. The molecule has 7 heteroatoms. The van der Waals surface area contributed by atoms with Crippen LogP contribution in [0.15, 0.2) is 18.2 Å². The average molecular weight is 342 g/mol. The van der Waals surface area contributed by atoms with E-state index in [9.17, 15) is 9.59 Å². The fourth-order valence-corrected chi connectivity index (χ4v) is 3.63. The van der Waals surface area contributed by atoms with Crippen LogP contribution in [-0.2, 0) is 4.79 Å². The number of hydrogen-bond acceptors (Lipinski definition) is 3. The average Bonchev–Trinajstić information content (AvgIpc) is 2.44. The molecule has 1 aliphatic heterocycles. The minimum atomic E-state index is -0.165. The number of hydrogen-bond donors (Lipinski definition) is 2. The fourth-order valence-electron chi connectivity index (χ4n) is 2.30. The van der Waals surface area contributed by atoms with E-state index in [1.54, 1.807) is 18.2 Å². The number of amides is 3. The minimum absolute atomic E-state index is 0.145. The van der Waals surface area contributed by atoms with Crippen LogP contribution in [0.5, 0.6) is 0 Å². The number of nitrogens with one attached hydrogen (secondary N) is 2. The van der Waals surface area contributed by atoms with Gasteiger partial charge >= 0.3 is 6.03 Å². The van der Waals surface area contributed by atoms with E-state index in [1.165, 1.54) is 6.92 Å². The van der Waals surface area contributed by atoms with E-state index in [4.69, 9.17) is 11.6 Å². The molecule has 1 saturated heterocycles. The first kappa shape index (κ1) is 17.0. The zero-order valence-electron chi connectivity index (χ0n) is 12.9. The normalized spacial score (nSPS) is 21.4. The van der Waals surface area contributed by atoms with Crippen molar-refractivity contribution in [2.75, 3.05) is 22.9 Å². The summed E-state index contributed by atoms with van der Waals surface area (Å²) >= 11 is 8.05. The lowest BCUT2D eigenvalue weighted by Gasteiger charge is -2.37. The highest BCUT2D eigenvalue weighted by Gasteiger charge is 2.29. The van der Waals surface area contributed by atoms with Gasteiger partial charge in [0.2, 0.25) is 5.91 Å². The highest BCUT2D eigenvalue weighted by Crippen LogP contribution is 2.28. The monoisotopic (exact) mass is 341 g/mol. The number of carbonyl (C=O) groups is 2. The van der Waals surface area contributed by atoms with Crippen LogP contribution in [0.2, 0.25) is 5.02 Å². The van der Waals surface area contributed by atoms with Crippen LogP contribution in [0.25, 0.3) is 0 Å². The van der Waals surface area contributed by atoms with Gasteiger partial charge < -0.3 is 15.5 Å². The van der Waals surface area contributed by atoms with Crippen molar-refractivity contribution in [1.29, 1.82) is 0 Å². The third-order valence-corrected chi connectivity index (χ3v) is 5.33. The molecule has 120 valence electrons. The summed E-state index contributed by atoms with van der Waals surface area (Å²) in [5.74, 6) is 0.773. The van der Waals surface area contributed by atoms with Gasteiger partial charge in [0, 0.05) is 36.2 Å². The standard InChI is InChI=1S/C15H20ClN3O2S/c1-9-10(2)22-7-6-19(9)15(21)18-14-5-4-12(8-13(14)16)17-11(3)20/h4-5,8-10H,6-7H2,1-3H3,(H,17,20)(H,18,21). The van der Waals surface area contributed by atoms with Gasteiger partial charge in [-0.05, 0) is 25.1 Å². The summed E-state index contributed by atoms with van der Waals surface area (Å²) in [4.78, 5) is 25.3. The molecule has 3 amide bonds. The summed E-state index contributed by atoms with van der Waals surface area (Å²) in [7, 11) is 0. The molecule has 1 aliphatic rings. The number of anilines is 2. The van der Waals surface area contributed by atoms with E-state index in [0.717, 1.165) is 12.3 Å². The van der Waals surface area contributed by atoms with Crippen LogP contribution < -0.4 is 10.6 Å². The molecule has 2 N–H and O–H groups in total. The molecule has 0 aromatic heterocycles. The van der Waals surface area contributed by atoms with Crippen molar-refractivity contribution in [2.24, 2.45) is 0 Å². The molecule has 0 saturated carbocycles. The lowest BCUT2D eigenvalue weighted by molar-refractivity contribution is -0.114. The molecule has 2 atom stereocenters. The first-order chi connectivity index (χ1) is 10.4. The second-order valence-electron chi connectivity index (χ2n) is 5.32. The predicted octanol–water partition coefficient (Wildman–Crippen LogP) is 3.66. The summed E-state index contributed by atoms with van der Waals surface area (Å²) in [5, 5.41) is 6.31. The van der Waals surface area contributed by atoms with Crippen molar-refractivity contribution >= 4 is 46.7 Å². The predicted molar refractivity (Wildman–Crippen MR) is 92.9 cm³/mol. The molecule has 0 bridgehead atoms. The van der Waals surface area contributed by atoms with E-state index in [1.807, 2.05) is 16.7 Å². The molecule has 1 aromatic carbocycles. The summed E-state index contributed by atoms with van der Waals surface area (Å²) in [6, 6.07) is 5.06. The Bertz CT molecular complexity index is 582. The maximum absolute atomic E-state index is 12.4. The molecule has 2 rings (SSSR count). The molecule has 0 radical (unpaired) electrons. The fraction of sp³-hybridized carbons (Fsp3) is 0.467. The molecule has 0 spiro atoms. The maximum atomic E-state index is 12.4. The Morgan fingerprint density at radius 1 is 1.32 bits per heavy atom. The molecule has 5 nitrogen and oxygen atoms in total. The number of urea groups is 1. The number of thioether (sulfide) groups is 1. The lowest BCUT2D eigenvalue weighted by Crippen LogP contribution is -2.49. The molecular weight excluding hydrogens is 322 g/mol. The van der Waals surface area contributed by atoms with Gasteiger partial charge in [-0.1, -0.05) is 18.5 Å². The summed E-state index contributed by atoms with van der Waals surface area (Å²) in [5.41, 5.74) is 1.14. The van der Waals surface area contributed by atoms with E-state index >= 15 is 0 Å². The minimum Gasteiger partial charge on any atom is -0.326 e. The number of nitrogens with zero attached hydrogens (tertiary/aromatic N) is 1. The molecule has 1 fully saturated rings. The molecule has 1 aromatic rings. The van der Waals surface area contributed by atoms with Crippen molar-refractivity contribution in [2.45, 2.75) is 32.1 Å². The third kappa shape index (κ3) is 4.08. The van der Waals surface area contributed by atoms with Crippen LogP contribution >= 0.6 is 23.4 Å². The van der Waals surface area contributed by atoms with Crippen LogP contribution in [-0.4, -0.2) is 40.4 Å². The van der Waals surface area contributed by atoms with Gasteiger partial charge in [0.25, 0.3) is 0 Å². The molecule has 22 heavy (non-hydrogen) atoms. The molecule has 2 unspecified atom stereocenters. The van der Waals surface area contributed by atoms with E-state index in [-0.39, 0.29) is 18.0 Å². The van der Waals surface area contributed by atoms with Crippen LogP contribution in [0.3, 0.4) is 0 Å². The number of halogens is 1. The smallest absolute Gasteiger partial charge is 0.322 e. The Labute approximate surface area is 139 Å². The zero-order valence-corrected chi connectivity index (χ0v) is 14.4. The Morgan fingerprint density at radius 3 is 2.68 bits per heavy atom. The SMILES string of the molecule is CC(=O)Nc1ccc(NC(=O)N2CCSC(C)C2C)c(Cl)c1. The van der Waals surface area contributed by atoms with Crippen molar-refractivity contribution in [3.8, 4) is 0 Å². The van der Waals surface area contributed by atoms with E-state index in [2.05, 4.69) is 24.5 Å². The largest absolute Gasteiger partial charge is 0.326 e. The Hall–Kier alpha value is -1.40. The van der Waals surface area contributed by atoms with Crippen molar-refractivity contribution in [3.63, 3.8) is 0 Å². The third-order valence-electron chi connectivity index (χ3n) is 3.68. The summed E-state index contributed by atoms with van der Waals surface area (Å²) in [6.45, 7) is 6.34. The summed E-state index contributed by atoms with van der Waals surface area (Å²) < 4.78 is 0. The van der Waals surface area contributed by atoms with Gasteiger partial charge in [0.15, 0.2) is 0 Å². The Kier molecular flexibility index (Phi) is 5.58. The lowest BCUT2D eigenvalue weighted by atomic mass is 10.2. The van der Waals surface area contributed by atoms with Gasteiger partial charge in [-0.2, -0.15) is 11.8 Å². The summed E-state index contributed by atoms with van der Waals surface area (Å²) in [6.07, 6.45) is 0. The van der Waals surface area contributed by atoms with Crippen molar-refractivity contribution in [3.05, 3.63) is 23.2 Å². The zero-order chi connectivity index (χ0) is 16.3. The highest BCUT2D eigenvalue weighted by molar-refractivity contribution is 8.00. The van der Waals surface area contributed by atoms with Gasteiger partial charge in [-0.3, -0.25) is 4.79 Å².